The molecule has 0 saturated heterocycles. The molecule has 0 aliphatic heterocycles. The molecule has 114 valence electrons. The molecule has 0 N–H and O–H groups in total. The van der Waals surface area contributed by atoms with Crippen molar-refractivity contribution >= 4 is 18.0 Å². The SMILES string of the molecule is COc1cccc(/C=C/C(=O)OCC(=O)N(C)C)c1OC. The van der Waals surface area contributed by atoms with Crippen molar-refractivity contribution in [3.05, 3.63) is 29.8 Å². The molecule has 0 unspecified atom stereocenters. The molecule has 6 heteroatoms. The standard InChI is InChI=1S/C15H19NO5/c1-16(2)13(17)10-21-14(18)9-8-11-6-5-7-12(19-3)15(11)20-4/h5-9H,10H2,1-4H3/b9-8+. The van der Waals surface area contributed by atoms with E-state index in [1.54, 1.807) is 38.4 Å². The summed E-state index contributed by atoms with van der Waals surface area (Å²) in [4.78, 5) is 24.2. The second-order valence-electron chi connectivity index (χ2n) is 4.31. The third-order valence-corrected chi connectivity index (χ3v) is 2.67. The Morgan fingerprint density at radius 3 is 2.48 bits per heavy atom. The van der Waals surface area contributed by atoms with Gasteiger partial charge in [-0.1, -0.05) is 12.1 Å². The first-order chi connectivity index (χ1) is 9.99. The van der Waals surface area contributed by atoms with Gasteiger partial charge in [0.05, 0.1) is 14.2 Å². The largest absolute Gasteiger partial charge is 0.493 e. The van der Waals surface area contributed by atoms with Gasteiger partial charge in [-0.25, -0.2) is 4.79 Å². The fourth-order valence-electron chi connectivity index (χ4n) is 1.51. The number of para-hydroxylation sites is 1. The van der Waals surface area contributed by atoms with Crippen LogP contribution >= 0.6 is 0 Å². The van der Waals surface area contributed by atoms with Crippen LogP contribution < -0.4 is 9.47 Å². The Kier molecular flexibility index (Phi) is 6.26. The Balaban J connectivity index is 2.72. The van der Waals surface area contributed by atoms with Crippen LogP contribution in [0.4, 0.5) is 0 Å². The molecule has 1 aromatic carbocycles. The van der Waals surface area contributed by atoms with E-state index in [1.165, 1.54) is 25.2 Å². The van der Waals surface area contributed by atoms with E-state index in [4.69, 9.17) is 14.2 Å². The van der Waals surface area contributed by atoms with Gasteiger partial charge in [-0.2, -0.15) is 0 Å². The van der Waals surface area contributed by atoms with Crippen molar-refractivity contribution in [2.75, 3.05) is 34.9 Å². The summed E-state index contributed by atoms with van der Waals surface area (Å²) in [6, 6.07) is 5.31. The normalized spacial score (nSPS) is 10.3. The maximum absolute atomic E-state index is 11.5. The first-order valence-electron chi connectivity index (χ1n) is 6.25. The van der Waals surface area contributed by atoms with E-state index >= 15 is 0 Å². The summed E-state index contributed by atoms with van der Waals surface area (Å²) < 4.78 is 15.2. The minimum Gasteiger partial charge on any atom is -0.493 e. The number of nitrogens with zero attached hydrogens (tertiary/aromatic N) is 1. The van der Waals surface area contributed by atoms with E-state index in [0.29, 0.717) is 17.1 Å². The van der Waals surface area contributed by atoms with Crippen molar-refractivity contribution in [1.29, 1.82) is 0 Å². The van der Waals surface area contributed by atoms with E-state index in [-0.39, 0.29) is 12.5 Å². The minimum atomic E-state index is -0.602. The van der Waals surface area contributed by atoms with Crippen molar-refractivity contribution in [3.63, 3.8) is 0 Å². The lowest BCUT2D eigenvalue weighted by Gasteiger charge is -2.10. The number of rotatable bonds is 6. The molecule has 0 fully saturated rings. The third-order valence-electron chi connectivity index (χ3n) is 2.67. The van der Waals surface area contributed by atoms with Gasteiger partial charge in [-0.3, -0.25) is 4.79 Å². The van der Waals surface area contributed by atoms with Crippen molar-refractivity contribution in [2.24, 2.45) is 0 Å². The number of carbonyl (C=O) groups is 2. The lowest BCUT2D eigenvalue weighted by atomic mass is 10.1. The van der Waals surface area contributed by atoms with Gasteiger partial charge in [0.2, 0.25) is 0 Å². The molecule has 6 nitrogen and oxygen atoms in total. The van der Waals surface area contributed by atoms with Gasteiger partial charge < -0.3 is 19.1 Å². The molecule has 0 atom stereocenters. The van der Waals surface area contributed by atoms with Crippen LogP contribution in [0.2, 0.25) is 0 Å². The predicted octanol–water partition coefficient (Wildman–Crippen LogP) is 1.35. The number of carbonyl (C=O) groups excluding carboxylic acids is 2. The summed E-state index contributed by atoms with van der Waals surface area (Å²) >= 11 is 0. The van der Waals surface area contributed by atoms with E-state index < -0.39 is 5.97 Å². The average molecular weight is 293 g/mol. The molecule has 0 heterocycles. The highest BCUT2D eigenvalue weighted by Crippen LogP contribution is 2.31. The average Bonchev–Trinajstić information content (AvgIpc) is 2.49. The Bertz CT molecular complexity index is 537. The second kappa shape index (κ2) is 7.94. The molecule has 1 rings (SSSR count). The molecule has 21 heavy (non-hydrogen) atoms. The quantitative estimate of drug-likeness (QED) is 0.585. The summed E-state index contributed by atoms with van der Waals surface area (Å²) in [6.07, 6.45) is 2.78. The van der Waals surface area contributed by atoms with Gasteiger partial charge >= 0.3 is 5.97 Å². The van der Waals surface area contributed by atoms with Crippen LogP contribution in [0.1, 0.15) is 5.56 Å². The first kappa shape index (κ1) is 16.6. The summed E-state index contributed by atoms with van der Waals surface area (Å²) in [7, 11) is 6.23. The van der Waals surface area contributed by atoms with Crippen LogP contribution in [0.25, 0.3) is 6.08 Å². The van der Waals surface area contributed by atoms with Gasteiger partial charge in [0.1, 0.15) is 0 Å². The zero-order chi connectivity index (χ0) is 15.8. The number of hydrogen-bond acceptors (Lipinski definition) is 5. The Labute approximate surface area is 123 Å². The number of esters is 1. The van der Waals surface area contributed by atoms with Crippen LogP contribution in [0.15, 0.2) is 24.3 Å². The van der Waals surface area contributed by atoms with Gasteiger partial charge in [-0.05, 0) is 12.1 Å². The molecule has 0 aromatic heterocycles. The van der Waals surface area contributed by atoms with Crippen molar-refractivity contribution in [1.82, 2.24) is 4.90 Å². The maximum atomic E-state index is 11.5. The van der Waals surface area contributed by atoms with Crippen molar-refractivity contribution in [3.8, 4) is 11.5 Å². The molecule has 0 aliphatic carbocycles. The molecule has 1 amide bonds. The molecule has 0 radical (unpaired) electrons. The van der Waals surface area contributed by atoms with Crippen LogP contribution in [-0.4, -0.2) is 51.7 Å². The number of hydrogen-bond donors (Lipinski definition) is 0. The molecule has 0 saturated carbocycles. The smallest absolute Gasteiger partial charge is 0.331 e. The molecular weight excluding hydrogens is 274 g/mol. The predicted molar refractivity (Wildman–Crippen MR) is 78.2 cm³/mol. The van der Waals surface area contributed by atoms with E-state index in [9.17, 15) is 9.59 Å². The van der Waals surface area contributed by atoms with Crippen LogP contribution in [0, 0.1) is 0 Å². The first-order valence-corrected chi connectivity index (χ1v) is 6.25. The van der Waals surface area contributed by atoms with Gasteiger partial charge in [0.15, 0.2) is 18.1 Å². The Morgan fingerprint density at radius 1 is 1.19 bits per heavy atom. The molecule has 0 spiro atoms. The molecule has 1 aromatic rings. The number of amides is 1. The van der Waals surface area contributed by atoms with Crippen molar-refractivity contribution < 1.29 is 23.8 Å². The van der Waals surface area contributed by atoms with Gasteiger partial charge in [0.25, 0.3) is 5.91 Å². The Hall–Kier alpha value is -2.50. The van der Waals surface area contributed by atoms with Gasteiger partial charge in [0, 0.05) is 25.7 Å². The van der Waals surface area contributed by atoms with Crippen LogP contribution in [-0.2, 0) is 14.3 Å². The number of ether oxygens (including phenoxy) is 3. The fraction of sp³-hybridized carbons (Fsp3) is 0.333. The Morgan fingerprint density at radius 2 is 1.90 bits per heavy atom. The molecule has 0 aliphatic rings. The highest BCUT2D eigenvalue weighted by Gasteiger charge is 2.09. The summed E-state index contributed by atoms with van der Waals surface area (Å²) in [5, 5.41) is 0. The van der Waals surface area contributed by atoms with E-state index in [0.717, 1.165) is 0 Å². The topological polar surface area (TPSA) is 65.1 Å². The van der Waals surface area contributed by atoms with E-state index in [1.807, 2.05) is 0 Å². The summed E-state index contributed by atoms with van der Waals surface area (Å²) in [5.41, 5.74) is 0.674. The monoisotopic (exact) mass is 293 g/mol. The third kappa shape index (κ3) is 4.83. The number of likely N-dealkylation sites (N-methyl/N-ethyl adjacent to an activating group) is 1. The van der Waals surface area contributed by atoms with Gasteiger partial charge in [-0.15, -0.1) is 0 Å². The van der Waals surface area contributed by atoms with Crippen LogP contribution in [0.3, 0.4) is 0 Å². The zero-order valence-corrected chi connectivity index (χ0v) is 12.6. The van der Waals surface area contributed by atoms with Crippen molar-refractivity contribution in [2.45, 2.75) is 0 Å². The lowest BCUT2D eigenvalue weighted by Crippen LogP contribution is -2.27. The highest BCUT2D eigenvalue weighted by molar-refractivity contribution is 5.89. The highest BCUT2D eigenvalue weighted by atomic mass is 16.5. The molecular formula is C15H19NO5. The number of benzene rings is 1. The summed E-state index contributed by atoms with van der Waals surface area (Å²) in [5.74, 6) is 0.204. The number of methoxy groups -OCH3 is 2. The zero-order valence-electron chi connectivity index (χ0n) is 12.6. The van der Waals surface area contributed by atoms with E-state index in [2.05, 4.69) is 0 Å². The maximum Gasteiger partial charge on any atom is 0.331 e. The van der Waals surface area contributed by atoms with Crippen LogP contribution in [0.5, 0.6) is 11.5 Å². The minimum absolute atomic E-state index is 0.282. The molecule has 0 bridgehead atoms. The summed E-state index contributed by atoms with van der Waals surface area (Å²) in [6.45, 7) is -0.286. The lowest BCUT2D eigenvalue weighted by molar-refractivity contribution is -0.146. The second-order valence-corrected chi connectivity index (χ2v) is 4.31. The fourth-order valence-corrected chi connectivity index (χ4v) is 1.51.